The van der Waals surface area contributed by atoms with Gasteiger partial charge in [-0.3, -0.25) is 0 Å². The lowest BCUT2D eigenvalue weighted by atomic mass is 10.00. The van der Waals surface area contributed by atoms with Gasteiger partial charge in [0.05, 0.1) is 0 Å². The molecule has 1 heterocycles. The minimum Gasteiger partial charge on any atom is -0.308 e. The van der Waals surface area contributed by atoms with Crippen molar-refractivity contribution in [3.63, 3.8) is 0 Å². The van der Waals surface area contributed by atoms with Gasteiger partial charge in [-0.1, -0.05) is 23.8 Å². The molecule has 1 N–H and O–H groups in total. The minimum atomic E-state index is -0.210. The Hall–Kier alpha value is -1.52. The molecule has 0 aliphatic heterocycles. The van der Waals surface area contributed by atoms with Crippen molar-refractivity contribution in [2.75, 3.05) is 6.54 Å². The summed E-state index contributed by atoms with van der Waals surface area (Å²) in [5, 5.41) is 4.21. The molecule has 1 aromatic heterocycles. The molecular formula is C17H19FN2S. The lowest BCUT2D eigenvalue weighted by Gasteiger charge is -2.12. The standard InChI is InChI=1S/C17H19FN2S/c18-16-9-5-4-8-15(16)17-20-12-14(21-17)11-19-10-13-6-2-1-3-7-13/h4-6,8-9,12,19H,1-3,7,10-11H2. The van der Waals surface area contributed by atoms with Crippen LogP contribution in [0.2, 0.25) is 0 Å². The van der Waals surface area contributed by atoms with E-state index in [-0.39, 0.29) is 5.82 Å². The van der Waals surface area contributed by atoms with Crippen LogP contribution < -0.4 is 5.32 Å². The molecule has 0 bridgehead atoms. The average Bonchev–Trinajstić information content (AvgIpc) is 2.97. The Kier molecular flexibility index (Phi) is 4.78. The van der Waals surface area contributed by atoms with Crippen LogP contribution in [0.1, 0.15) is 30.6 Å². The van der Waals surface area contributed by atoms with Crippen molar-refractivity contribution in [1.29, 1.82) is 0 Å². The molecule has 0 radical (unpaired) electrons. The smallest absolute Gasteiger partial charge is 0.133 e. The fourth-order valence-electron chi connectivity index (χ4n) is 2.56. The van der Waals surface area contributed by atoms with Gasteiger partial charge in [-0.2, -0.15) is 0 Å². The summed E-state index contributed by atoms with van der Waals surface area (Å²) < 4.78 is 13.7. The van der Waals surface area contributed by atoms with E-state index in [0.717, 1.165) is 23.0 Å². The second-order valence-corrected chi connectivity index (χ2v) is 6.44. The Balaban J connectivity index is 1.58. The number of nitrogens with one attached hydrogen (secondary N) is 1. The maximum atomic E-state index is 13.7. The number of aromatic nitrogens is 1. The van der Waals surface area contributed by atoms with E-state index in [0.29, 0.717) is 5.56 Å². The third-order valence-electron chi connectivity index (χ3n) is 3.69. The van der Waals surface area contributed by atoms with Crippen LogP contribution in [0.25, 0.3) is 10.6 Å². The Labute approximate surface area is 128 Å². The number of hydrogen-bond acceptors (Lipinski definition) is 3. The lowest BCUT2D eigenvalue weighted by Crippen LogP contribution is -2.16. The van der Waals surface area contributed by atoms with Gasteiger partial charge in [0.25, 0.3) is 0 Å². The maximum Gasteiger partial charge on any atom is 0.133 e. The predicted molar refractivity (Wildman–Crippen MR) is 85.8 cm³/mol. The third kappa shape index (κ3) is 3.77. The Morgan fingerprint density at radius 3 is 2.90 bits per heavy atom. The molecular weight excluding hydrogens is 283 g/mol. The highest BCUT2D eigenvalue weighted by Crippen LogP contribution is 2.27. The molecule has 110 valence electrons. The molecule has 0 saturated carbocycles. The van der Waals surface area contributed by atoms with Crippen LogP contribution in [-0.2, 0) is 6.54 Å². The molecule has 0 unspecified atom stereocenters. The first kappa shape index (κ1) is 14.4. The third-order valence-corrected chi connectivity index (χ3v) is 4.72. The van der Waals surface area contributed by atoms with Crippen LogP contribution in [0.3, 0.4) is 0 Å². The molecule has 0 spiro atoms. The maximum absolute atomic E-state index is 13.7. The fourth-order valence-corrected chi connectivity index (χ4v) is 3.47. The highest BCUT2D eigenvalue weighted by Gasteiger charge is 2.09. The normalized spacial score (nSPS) is 15.0. The molecule has 1 aromatic carbocycles. The molecule has 1 aliphatic rings. The van der Waals surface area contributed by atoms with E-state index in [1.807, 2.05) is 12.3 Å². The van der Waals surface area contributed by atoms with Crippen molar-refractivity contribution in [1.82, 2.24) is 10.3 Å². The number of halogens is 1. The van der Waals surface area contributed by atoms with Gasteiger partial charge in [0.2, 0.25) is 0 Å². The molecule has 4 heteroatoms. The van der Waals surface area contributed by atoms with Gasteiger partial charge >= 0.3 is 0 Å². The molecule has 0 saturated heterocycles. The number of rotatable bonds is 5. The van der Waals surface area contributed by atoms with Crippen LogP contribution >= 0.6 is 11.3 Å². The summed E-state index contributed by atoms with van der Waals surface area (Å²) in [7, 11) is 0. The predicted octanol–water partition coefficient (Wildman–Crippen LogP) is 4.54. The van der Waals surface area contributed by atoms with Crippen molar-refractivity contribution in [3.8, 4) is 10.6 Å². The number of benzene rings is 1. The average molecular weight is 302 g/mol. The van der Waals surface area contributed by atoms with E-state index >= 15 is 0 Å². The SMILES string of the molecule is Fc1ccccc1-c1ncc(CNCC2=CCCCC2)s1. The Morgan fingerprint density at radius 1 is 1.19 bits per heavy atom. The van der Waals surface area contributed by atoms with Gasteiger partial charge in [0, 0.05) is 29.7 Å². The summed E-state index contributed by atoms with van der Waals surface area (Å²) >= 11 is 1.55. The largest absolute Gasteiger partial charge is 0.308 e. The molecule has 21 heavy (non-hydrogen) atoms. The van der Waals surface area contributed by atoms with Crippen LogP contribution in [0.5, 0.6) is 0 Å². The number of thiazole rings is 1. The van der Waals surface area contributed by atoms with Crippen molar-refractivity contribution in [2.24, 2.45) is 0 Å². The van der Waals surface area contributed by atoms with Gasteiger partial charge in [0.1, 0.15) is 10.8 Å². The quantitative estimate of drug-likeness (QED) is 0.820. The molecule has 0 atom stereocenters. The van der Waals surface area contributed by atoms with E-state index in [1.54, 1.807) is 23.5 Å². The Bertz CT molecular complexity index is 633. The molecule has 0 amide bonds. The van der Waals surface area contributed by atoms with Gasteiger partial charge < -0.3 is 5.32 Å². The summed E-state index contributed by atoms with van der Waals surface area (Å²) in [4.78, 5) is 5.48. The van der Waals surface area contributed by atoms with Gasteiger partial charge in [-0.05, 0) is 37.8 Å². The van der Waals surface area contributed by atoms with E-state index in [9.17, 15) is 4.39 Å². The molecule has 3 rings (SSSR count). The topological polar surface area (TPSA) is 24.9 Å². The van der Waals surface area contributed by atoms with E-state index in [2.05, 4.69) is 16.4 Å². The first-order valence-corrected chi connectivity index (χ1v) is 8.23. The zero-order valence-electron chi connectivity index (χ0n) is 11.9. The van der Waals surface area contributed by atoms with E-state index in [1.165, 1.54) is 37.3 Å². The highest BCUT2D eigenvalue weighted by molar-refractivity contribution is 7.15. The van der Waals surface area contributed by atoms with Gasteiger partial charge in [0.15, 0.2) is 0 Å². The van der Waals surface area contributed by atoms with E-state index < -0.39 is 0 Å². The molecule has 1 aliphatic carbocycles. The zero-order valence-corrected chi connectivity index (χ0v) is 12.8. The first-order chi connectivity index (χ1) is 10.3. The first-order valence-electron chi connectivity index (χ1n) is 7.41. The lowest BCUT2D eigenvalue weighted by molar-refractivity contribution is 0.631. The van der Waals surface area contributed by atoms with Gasteiger partial charge in [-0.25, -0.2) is 9.37 Å². The van der Waals surface area contributed by atoms with Crippen molar-refractivity contribution < 1.29 is 4.39 Å². The molecule has 0 fully saturated rings. The summed E-state index contributed by atoms with van der Waals surface area (Å²) in [6.07, 6.45) is 9.27. The summed E-state index contributed by atoms with van der Waals surface area (Å²) in [6, 6.07) is 6.79. The summed E-state index contributed by atoms with van der Waals surface area (Å²) in [6.45, 7) is 1.75. The van der Waals surface area contributed by atoms with Crippen molar-refractivity contribution >= 4 is 11.3 Å². The number of hydrogen-bond donors (Lipinski definition) is 1. The monoisotopic (exact) mass is 302 g/mol. The number of allylic oxidation sites excluding steroid dienone is 1. The fraction of sp³-hybridized carbons (Fsp3) is 0.353. The Morgan fingerprint density at radius 2 is 2.10 bits per heavy atom. The van der Waals surface area contributed by atoms with Crippen LogP contribution in [0, 0.1) is 5.82 Å². The van der Waals surface area contributed by atoms with Crippen LogP contribution in [-0.4, -0.2) is 11.5 Å². The minimum absolute atomic E-state index is 0.210. The molecule has 2 nitrogen and oxygen atoms in total. The van der Waals surface area contributed by atoms with E-state index in [4.69, 9.17) is 0 Å². The number of nitrogens with zero attached hydrogens (tertiary/aromatic N) is 1. The van der Waals surface area contributed by atoms with Crippen LogP contribution in [0.4, 0.5) is 4.39 Å². The second-order valence-electron chi connectivity index (χ2n) is 5.32. The summed E-state index contributed by atoms with van der Waals surface area (Å²) in [5.41, 5.74) is 2.10. The summed E-state index contributed by atoms with van der Waals surface area (Å²) in [5.74, 6) is -0.210. The van der Waals surface area contributed by atoms with Crippen LogP contribution in [0.15, 0.2) is 42.1 Å². The van der Waals surface area contributed by atoms with Gasteiger partial charge in [-0.15, -0.1) is 11.3 Å². The zero-order chi connectivity index (χ0) is 14.5. The highest BCUT2D eigenvalue weighted by atomic mass is 32.1. The second kappa shape index (κ2) is 6.96. The van der Waals surface area contributed by atoms with Crippen molar-refractivity contribution in [2.45, 2.75) is 32.2 Å². The van der Waals surface area contributed by atoms with Crippen molar-refractivity contribution in [3.05, 3.63) is 52.8 Å². The molecule has 2 aromatic rings.